The van der Waals surface area contributed by atoms with Crippen LogP contribution in [0.5, 0.6) is 0 Å². The molecule has 0 saturated heterocycles. The Bertz CT molecular complexity index is 1620. The van der Waals surface area contributed by atoms with Crippen LogP contribution >= 0.6 is 0 Å². The molecule has 0 fully saturated rings. The molecule has 40 heavy (non-hydrogen) atoms. The summed E-state index contributed by atoms with van der Waals surface area (Å²) in [5, 5.41) is 0.736. The third-order valence-electron chi connectivity index (χ3n) is 8.09. The quantitative estimate of drug-likeness (QED) is 0.517. The van der Waals surface area contributed by atoms with Crippen molar-refractivity contribution in [1.82, 2.24) is 4.72 Å². The molecule has 3 aliphatic rings. The number of furan rings is 1. The summed E-state index contributed by atoms with van der Waals surface area (Å²) in [6.07, 6.45) is 2.26. The Morgan fingerprint density at radius 3 is 2.25 bits per heavy atom. The Kier molecular flexibility index (Phi) is 6.66. The van der Waals surface area contributed by atoms with Crippen LogP contribution in [-0.2, 0) is 29.1 Å². The number of hydrogen-bond donors (Lipinski definition) is 1. The molecule has 3 atom stereocenters. The van der Waals surface area contributed by atoms with Crippen LogP contribution in [0.2, 0.25) is 0 Å². The average Bonchev–Trinajstić information content (AvgIpc) is 3.17. The van der Waals surface area contributed by atoms with Crippen molar-refractivity contribution in [2.24, 2.45) is 5.41 Å². The van der Waals surface area contributed by atoms with E-state index in [0.29, 0.717) is 64.4 Å². The van der Waals surface area contributed by atoms with Crippen LogP contribution in [0.15, 0.2) is 39.2 Å². The Labute approximate surface area is 239 Å². The Morgan fingerprint density at radius 1 is 1.02 bits per heavy atom. The minimum absolute atomic E-state index is 0.0938. The number of halogens is 1. The predicted octanol–water partition coefficient (Wildman–Crippen LogP) is 4.64. The number of benzene rings is 1. The number of alkyl halides is 1. The molecule has 214 valence electrons. The second kappa shape index (κ2) is 9.31. The van der Waals surface area contributed by atoms with E-state index in [4.69, 9.17) is 20.8 Å². The fourth-order valence-electron chi connectivity index (χ4n) is 6.38. The van der Waals surface area contributed by atoms with Crippen molar-refractivity contribution in [3.8, 4) is 0 Å². The Hall–Kier alpha value is -2.91. The lowest BCUT2D eigenvalue weighted by molar-refractivity contribution is -0.471. The van der Waals surface area contributed by atoms with Gasteiger partial charge < -0.3 is 9.15 Å². The van der Waals surface area contributed by atoms with Crippen molar-refractivity contribution in [3.63, 3.8) is 0 Å². The molecule has 0 saturated carbocycles. The van der Waals surface area contributed by atoms with E-state index in [1.54, 1.807) is 13.0 Å². The Morgan fingerprint density at radius 2 is 1.62 bits per heavy atom. The number of nitrogens with one attached hydrogen (secondary N) is 1. The number of ketones is 2. The van der Waals surface area contributed by atoms with Crippen LogP contribution in [0.25, 0.3) is 11.0 Å². The number of Topliss-reactive ketones (excluding diaryl/α,β-unsaturated/α-hetero) is 2. The van der Waals surface area contributed by atoms with E-state index < -0.39 is 32.6 Å². The highest BCUT2D eigenvalue weighted by atomic mass is 35.5. The lowest BCUT2D eigenvalue weighted by atomic mass is 9.67. The van der Waals surface area contributed by atoms with Gasteiger partial charge >= 0.3 is 0 Å². The highest BCUT2D eigenvalue weighted by molar-refractivity contribution is 7.89. The molecular weight excluding hydrogens is 554 g/mol. The first-order chi connectivity index (χ1) is 18.4. The summed E-state index contributed by atoms with van der Waals surface area (Å²) in [5.74, 6) is -0.861. The molecule has 2 heterocycles. The minimum Gasteiger partial charge on any atom is -0.465 e. The molecule has 0 radical (unpaired) electrons. The van der Waals surface area contributed by atoms with Gasteiger partial charge in [-0.2, -0.15) is 0 Å². The molecule has 10 heteroatoms. The van der Waals surface area contributed by atoms with Crippen LogP contribution in [0.3, 0.4) is 0 Å². The lowest BCUT2D eigenvalue weighted by Gasteiger charge is -2.41. The fraction of sp³-hybridized carbons (Fsp3) is 0.500. The number of hydrogen-bond acceptors (Lipinski definition) is 7. The number of sulfonamides is 1. The van der Waals surface area contributed by atoms with E-state index in [0.717, 1.165) is 17.2 Å². The van der Waals surface area contributed by atoms with Crippen molar-refractivity contribution in [1.29, 1.82) is 0 Å². The van der Waals surface area contributed by atoms with Crippen molar-refractivity contribution >= 4 is 38.5 Å². The van der Waals surface area contributed by atoms with Gasteiger partial charge in [0.15, 0.2) is 11.6 Å². The number of carbonyl (C=O) groups is 3. The van der Waals surface area contributed by atoms with Crippen molar-refractivity contribution in [2.45, 2.75) is 83.9 Å². The van der Waals surface area contributed by atoms with Gasteiger partial charge in [-0.25, -0.2) is 8.42 Å². The first kappa shape index (κ1) is 28.6. The van der Waals surface area contributed by atoms with Gasteiger partial charge in [-0.15, -0.1) is 0 Å². The smallest absolute Gasteiger partial charge is 0.240 e. The van der Waals surface area contributed by atoms with Crippen LogP contribution in [0, 0.1) is 30.9 Å². The second-order valence-electron chi connectivity index (χ2n) is 12.6. The number of ether oxygens (including phenoxy) is 1. The predicted molar refractivity (Wildman–Crippen MR) is 147 cm³/mol. The average molecular weight is 589 g/mol. The largest absolute Gasteiger partial charge is 0.465 e. The number of carbonyl (C=O) groups excluding carboxylic acids is 3. The van der Waals surface area contributed by atoms with Gasteiger partial charge in [0, 0.05) is 34.9 Å². The summed E-state index contributed by atoms with van der Waals surface area (Å²) in [6.45, 7) is 11.2. The second-order valence-corrected chi connectivity index (χ2v) is 15.4. The normalized spacial score (nSPS) is 25.4. The maximum atomic E-state index is 13.8. The number of rotatable bonds is 4. The van der Waals surface area contributed by atoms with Gasteiger partial charge in [-0.1, -0.05) is 19.9 Å². The van der Waals surface area contributed by atoms with Crippen molar-refractivity contribution in [2.75, 3.05) is 6.26 Å². The van der Waals surface area contributed by atoms with E-state index in [2.05, 4.69) is 4.72 Å². The van der Waals surface area contributed by atoms with Crippen LogP contribution < -0.4 is 4.72 Å². The molecule has 2 aliphatic carbocycles. The third-order valence-corrected chi connectivity index (χ3v) is 8.96. The molecule has 1 aromatic carbocycles. The maximum Gasteiger partial charge on any atom is 0.240 e. The highest BCUT2D eigenvalue weighted by Gasteiger charge is 2.51. The molecule has 1 aliphatic heterocycles. The summed E-state index contributed by atoms with van der Waals surface area (Å²) in [6, 6.07) is 3.65. The SMILES string of the molecule is Cc1cc2c(C)c(C(C)C(=O)NS(C)(=O)=O)cc(C3C4=C(CC(C)(C)CC4=O)OC4=C3C(=O)CC(C)([ClH+])C4)c2o1. The monoisotopic (exact) mass is 588 g/mol. The summed E-state index contributed by atoms with van der Waals surface area (Å²) >= 11 is 5.71. The molecule has 8 nitrogen and oxygen atoms in total. The molecular formula is C30H35ClNO7S+. The van der Waals surface area contributed by atoms with Gasteiger partial charge in [-0.05, 0) is 50.3 Å². The van der Waals surface area contributed by atoms with Gasteiger partial charge in [0.1, 0.15) is 34.5 Å². The van der Waals surface area contributed by atoms with Gasteiger partial charge in [-0.3, -0.25) is 19.1 Å². The van der Waals surface area contributed by atoms with E-state index in [-0.39, 0.29) is 23.4 Å². The molecule has 0 spiro atoms. The first-order valence-electron chi connectivity index (χ1n) is 13.3. The van der Waals surface area contributed by atoms with E-state index in [9.17, 15) is 22.8 Å². The standard InChI is InChI=1S/C30H34ClNO7S/c1-14-8-18-15(2)17(16(3)28(35)32-40(7,36)37)9-19(27(18)38-14)24-25-20(33)10-29(4,5)12-22(25)39-23-13-30(6,31)11-21(34)26(23)24/h8-9,16,24,31H,10-13H2,1-7H3/p+1. The van der Waals surface area contributed by atoms with Gasteiger partial charge in [0.2, 0.25) is 20.8 Å². The van der Waals surface area contributed by atoms with Crippen LogP contribution in [-0.4, -0.2) is 37.0 Å². The summed E-state index contributed by atoms with van der Waals surface area (Å²) in [5.41, 5.74) is 2.98. The van der Waals surface area contributed by atoms with E-state index in [1.807, 2.05) is 40.7 Å². The van der Waals surface area contributed by atoms with E-state index in [1.165, 1.54) is 0 Å². The number of amides is 1. The molecule has 1 aromatic heterocycles. The maximum absolute atomic E-state index is 13.8. The zero-order valence-electron chi connectivity index (χ0n) is 23.8. The number of aryl methyl sites for hydroxylation is 2. The zero-order chi connectivity index (χ0) is 29.5. The number of fused-ring (bicyclic) bond motifs is 1. The lowest BCUT2D eigenvalue weighted by Crippen LogP contribution is -2.40. The van der Waals surface area contributed by atoms with Gasteiger partial charge in [0.25, 0.3) is 0 Å². The summed E-state index contributed by atoms with van der Waals surface area (Å²) in [7, 11) is -3.78. The third kappa shape index (κ3) is 5.02. The minimum atomic E-state index is -3.78. The van der Waals surface area contributed by atoms with Gasteiger partial charge in [0.05, 0.1) is 30.9 Å². The number of allylic oxidation sites excluding steroid dienone is 4. The zero-order valence-corrected chi connectivity index (χ0v) is 25.4. The molecule has 3 unspecified atom stereocenters. The fourth-order valence-corrected chi connectivity index (χ4v) is 7.18. The molecule has 1 N–H and O–H groups in total. The highest BCUT2D eigenvalue weighted by Crippen LogP contribution is 2.53. The summed E-state index contributed by atoms with van der Waals surface area (Å²) in [4.78, 5) is 39.8. The molecule has 2 aromatic rings. The molecule has 5 rings (SSSR count). The molecule has 1 amide bonds. The Balaban J connectivity index is 1.80. The van der Waals surface area contributed by atoms with Crippen molar-refractivity contribution < 1.29 is 43.6 Å². The van der Waals surface area contributed by atoms with Crippen LogP contribution in [0.4, 0.5) is 0 Å². The topological polar surface area (TPSA) is 120 Å². The van der Waals surface area contributed by atoms with Crippen LogP contribution in [0.1, 0.15) is 87.7 Å². The first-order valence-corrected chi connectivity index (χ1v) is 15.6. The van der Waals surface area contributed by atoms with E-state index >= 15 is 0 Å². The van der Waals surface area contributed by atoms with Crippen molar-refractivity contribution in [3.05, 3.63) is 57.2 Å². The molecule has 0 bridgehead atoms. The summed E-state index contributed by atoms with van der Waals surface area (Å²) < 4.78 is 38.3.